The summed E-state index contributed by atoms with van der Waals surface area (Å²) in [5.41, 5.74) is 1.20. The van der Waals surface area contributed by atoms with Crippen LogP contribution in [0.15, 0.2) is 17.4 Å². The fourth-order valence-corrected chi connectivity index (χ4v) is 2.74. The standard InChI is InChI=1S/C17H29N7O2.HI/c1-21(2)15(25)9-18-17(19-10-16(26)22(3)4)24-7-6-13(12-24)14-8-20-23(5)11-14;/h8,11,13H,6-7,9-10,12H2,1-5H3,(H,18,19);1H. The van der Waals surface area contributed by atoms with Crippen LogP contribution in [0.4, 0.5) is 0 Å². The molecule has 0 aliphatic carbocycles. The van der Waals surface area contributed by atoms with Gasteiger partial charge < -0.3 is 20.0 Å². The second kappa shape index (κ2) is 10.5. The van der Waals surface area contributed by atoms with Crippen molar-refractivity contribution in [1.29, 1.82) is 0 Å². The maximum absolute atomic E-state index is 11.9. The SMILES string of the molecule is CN(C)C(=O)CN=C(NCC(=O)N(C)C)N1CCC(c2cnn(C)c2)C1.I. The zero-order valence-electron chi connectivity index (χ0n) is 16.7. The highest BCUT2D eigenvalue weighted by molar-refractivity contribution is 14.0. The minimum atomic E-state index is -0.0776. The zero-order valence-corrected chi connectivity index (χ0v) is 19.0. The first-order valence-electron chi connectivity index (χ1n) is 8.70. The van der Waals surface area contributed by atoms with Gasteiger partial charge in [-0.25, -0.2) is 4.99 Å². The van der Waals surface area contributed by atoms with E-state index in [0.29, 0.717) is 11.9 Å². The number of hydrogen-bond donors (Lipinski definition) is 1. The molecule has 0 bridgehead atoms. The summed E-state index contributed by atoms with van der Waals surface area (Å²) in [6.45, 7) is 1.80. The molecule has 1 N–H and O–H groups in total. The molecule has 9 nitrogen and oxygen atoms in total. The number of aromatic nitrogens is 2. The zero-order chi connectivity index (χ0) is 19.3. The lowest BCUT2D eigenvalue weighted by Crippen LogP contribution is -2.45. The summed E-state index contributed by atoms with van der Waals surface area (Å²) in [6.07, 6.45) is 4.91. The van der Waals surface area contributed by atoms with Crippen LogP contribution in [0.25, 0.3) is 0 Å². The Balaban J connectivity index is 0.00000364. The number of carbonyl (C=O) groups excluding carboxylic acids is 2. The first kappa shape index (κ1) is 23.2. The average molecular weight is 491 g/mol. The van der Waals surface area contributed by atoms with Crippen molar-refractivity contribution in [2.45, 2.75) is 12.3 Å². The van der Waals surface area contributed by atoms with Gasteiger partial charge in [0.15, 0.2) is 5.96 Å². The van der Waals surface area contributed by atoms with E-state index in [1.54, 1.807) is 32.9 Å². The molecule has 2 rings (SSSR count). The number of likely N-dealkylation sites (tertiary alicyclic amines) is 1. The highest BCUT2D eigenvalue weighted by Crippen LogP contribution is 2.26. The second-order valence-electron chi connectivity index (χ2n) is 6.95. The molecule has 152 valence electrons. The Morgan fingerprint density at radius 2 is 1.93 bits per heavy atom. The summed E-state index contributed by atoms with van der Waals surface area (Å²) in [5, 5.41) is 7.35. The maximum atomic E-state index is 11.9. The molecule has 2 amide bonds. The molecule has 0 spiro atoms. The topological polar surface area (TPSA) is 86.1 Å². The van der Waals surface area contributed by atoms with Gasteiger partial charge in [0.25, 0.3) is 0 Å². The number of nitrogens with zero attached hydrogens (tertiary/aromatic N) is 6. The highest BCUT2D eigenvalue weighted by Gasteiger charge is 2.27. The van der Waals surface area contributed by atoms with Crippen molar-refractivity contribution in [3.63, 3.8) is 0 Å². The summed E-state index contributed by atoms with van der Waals surface area (Å²) in [5.74, 6) is 0.845. The van der Waals surface area contributed by atoms with Crippen molar-refractivity contribution < 1.29 is 9.59 Å². The smallest absolute Gasteiger partial charge is 0.243 e. The summed E-state index contributed by atoms with van der Waals surface area (Å²) >= 11 is 0. The van der Waals surface area contributed by atoms with Crippen LogP contribution in [-0.4, -0.2) is 96.6 Å². The molecule has 1 aliphatic rings. The van der Waals surface area contributed by atoms with Crippen LogP contribution < -0.4 is 5.32 Å². The van der Waals surface area contributed by atoms with Crippen LogP contribution >= 0.6 is 24.0 Å². The van der Waals surface area contributed by atoms with E-state index in [0.717, 1.165) is 19.5 Å². The fraction of sp³-hybridized carbons (Fsp3) is 0.647. The molecule has 1 atom stereocenters. The summed E-state index contributed by atoms with van der Waals surface area (Å²) in [4.78, 5) is 33.4. The van der Waals surface area contributed by atoms with Crippen LogP contribution in [0, 0.1) is 0 Å². The number of nitrogens with one attached hydrogen (secondary N) is 1. The Kier molecular flexibility index (Phi) is 9.00. The van der Waals surface area contributed by atoms with Gasteiger partial charge in [-0.3, -0.25) is 14.3 Å². The van der Waals surface area contributed by atoms with Gasteiger partial charge in [0.1, 0.15) is 6.54 Å². The number of amides is 2. The number of rotatable bonds is 5. The van der Waals surface area contributed by atoms with Crippen molar-refractivity contribution in [3.05, 3.63) is 18.0 Å². The van der Waals surface area contributed by atoms with Gasteiger partial charge in [0.2, 0.25) is 11.8 Å². The van der Waals surface area contributed by atoms with E-state index < -0.39 is 0 Å². The Bertz CT molecular complexity index is 672. The van der Waals surface area contributed by atoms with Crippen molar-refractivity contribution in [2.24, 2.45) is 12.0 Å². The number of halogens is 1. The molecule has 1 saturated heterocycles. The van der Waals surface area contributed by atoms with Crippen molar-refractivity contribution in [1.82, 2.24) is 29.8 Å². The largest absolute Gasteiger partial charge is 0.347 e. The molecule has 1 aromatic rings. The van der Waals surface area contributed by atoms with Gasteiger partial charge in [-0.15, -0.1) is 24.0 Å². The van der Waals surface area contributed by atoms with Gasteiger partial charge in [-0.2, -0.15) is 5.10 Å². The fourth-order valence-electron chi connectivity index (χ4n) is 2.74. The number of likely N-dealkylation sites (N-methyl/N-ethyl adjacent to an activating group) is 2. The molecular formula is C17H30IN7O2. The molecule has 2 heterocycles. The molecule has 1 aromatic heterocycles. The van der Waals surface area contributed by atoms with Crippen LogP contribution in [0.2, 0.25) is 0 Å². The van der Waals surface area contributed by atoms with Crippen molar-refractivity contribution in [3.8, 4) is 0 Å². The van der Waals surface area contributed by atoms with Crippen LogP contribution in [0.3, 0.4) is 0 Å². The summed E-state index contributed by atoms with van der Waals surface area (Å²) in [7, 11) is 8.74. The second-order valence-corrected chi connectivity index (χ2v) is 6.95. The van der Waals surface area contributed by atoms with E-state index in [-0.39, 0.29) is 48.9 Å². The lowest BCUT2D eigenvalue weighted by molar-refractivity contribution is -0.127. The molecular weight excluding hydrogens is 461 g/mol. The Morgan fingerprint density at radius 1 is 1.26 bits per heavy atom. The molecule has 27 heavy (non-hydrogen) atoms. The van der Waals surface area contributed by atoms with Gasteiger partial charge in [-0.05, 0) is 12.0 Å². The lowest BCUT2D eigenvalue weighted by Gasteiger charge is -2.23. The minimum absolute atomic E-state index is 0. The number of aryl methyl sites for hydroxylation is 1. The normalized spacial score (nSPS) is 16.7. The monoisotopic (exact) mass is 491 g/mol. The van der Waals surface area contributed by atoms with E-state index in [9.17, 15) is 9.59 Å². The third-order valence-electron chi connectivity index (χ3n) is 4.44. The number of aliphatic imine (C=N–C) groups is 1. The molecule has 0 radical (unpaired) electrons. The molecule has 1 fully saturated rings. The van der Waals surface area contributed by atoms with E-state index in [1.165, 1.54) is 15.4 Å². The molecule has 0 saturated carbocycles. The van der Waals surface area contributed by atoms with Gasteiger partial charge in [0, 0.05) is 60.4 Å². The molecule has 10 heteroatoms. The van der Waals surface area contributed by atoms with Crippen molar-refractivity contribution >= 4 is 41.8 Å². The third kappa shape index (κ3) is 6.67. The quantitative estimate of drug-likeness (QED) is 0.355. The lowest BCUT2D eigenvalue weighted by atomic mass is 10.0. The van der Waals surface area contributed by atoms with Crippen LogP contribution in [-0.2, 0) is 16.6 Å². The molecule has 1 aliphatic heterocycles. The predicted octanol–water partition coefficient (Wildman–Crippen LogP) is -0.0506. The predicted molar refractivity (Wildman–Crippen MR) is 115 cm³/mol. The summed E-state index contributed by atoms with van der Waals surface area (Å²) in [6, 6.07) is 0. The minimum Gasteiger partial charge on any atom is -0.347 e. The number of carbonyl (C=O) groups is 2. The van der Waals surface area contributed by atoms with Gasteiger partial charge >= 0.3 is 0 Å². The van der Waals surface area contributed by atoms with Gasteiger partial charge in [0.05, 0.1) is 12.7 Å². The number of hydrogen-bond acceptors (Lipinski definition) is 4. The van der Waals surface area contributed by atoms with E-state index in [1.807, 2.05) is 19.4 Å². The van der Waals surface area contributed by atoms with Crippen LogP contribution in [0.5, 0.6) is 0 Å². The first-order valence-corrected chi connectivity index (χ1v) is 8.70. The van der Waals surface area contributed by atoms with Crippen LogP contribution in [0.1, 0.15) is 17.9 Å². The summed E-state index contributed by atoms with van der Waals surface area (Å²) < 4.78 is 1.80. The van der Waals surface area contributed by atoms with E-state index >= 15 is 0 Å². The van der Waals surface area contributed by atoms with E-state index in [2.05, 4.69) is 20.3 Å². The Labute approximate surface area is 177 Å². The maximum Gasteiger partial charge on any atom is 0.243 e. The molecule has 0 aromatic carbocycles. The van der Waals surface area contributed by atoms with E-state index in [4.69, 9.17) is 0 Å². The van der Waals surface area contributed by atoms with Crippen molar-refractivity contribution in [2.75, 3.05) is 54.4 Å². The van der Waals surface area contributed by atoms with Gasteiger partial charge in [-0.1, -0.05) is 0 Å². The Hall–Kier alpha value is -1.85. The Morgan fingerprint density at radius 3 is 2.48 bits per heavy atom. The average Bonchev–Trinajstić information content (AvgIpc) is 3.23. The molecule has 1 unspecified atom stereocenters. The highest BCUT2D eigenvalue weighted by atomic mass is 127. The first-order chi connectivity index (χ1) is 12.3. The third-order valence-corrected chi connectivity index (χ3v) is 4.44. The number of guanidine groups is 1.